The van der Waals surface area contributed by atoms with Crippen LogP contribution in [-0.2, 0) is 16.2 Å². The monoisotopic (exact) mass is 323 g/mol. The molecule has 0 unspecified atom stereocenters. The van der Waals surface area contributed by atoms with Gasteiger partial charge >= 0.3 is 6.18 Å². The third kappa shape index (κ3) is 4.71. The molecular weight excluding hydrogens is 303 g/mol. The average molecular weight is 323 g/mol. The fourth-order valence-electron chi connectivity index (χ4n) is 1.91. The van der Waals surface area contributed by atoms with Gasteiger partial charge in [0.25, 0.3) is 0 Å². The molecule has 0 heterocycles. The predicted octanol–water partition coefficient (Wildman–Crippen LogP) is 3.91. The lowest BCUT2D eigenvalue weighted by molar-refractivity contribution is -0.138. The van der Waals surface area contributed by atoms with E-state index in [0.29, 0.717) is 6.07 Å². The summed E-state index contributed by atoms with van der Waals surface area (Å²) in [5.41, 5.74) is -1.60. The second kappa shape index (κ2) is 5.61. The zero-order valence-electron chi connectivity index (χ0n) is 12.7. The Bertz CT molecular complexity index is 614. The van der Waals surface area contributed by atoms with Crippen LogP contribution in [0.3, 0.4) is 0 Å². The van der Waals surface area contributed by atoms with E-state index < -0.39 is 27.3 Å². The first kappa shape index (κ1) is 18.0. The molecule has 0 bridgehead atoms. The molecule has 0 aliphatic carbocycles. The van der Waals surface area contributed by atoms with Gasteiger partial charge in [0.1, 0.15) is 0 Å². The van der Waals surface area contributed by atoms with Gasteiger partial charge in [-0.05, 0) is 44.4 Å². The molecule has 1 N–H and O–H groups in total. The lowest BCUT2D eigenvalue weighted by Gasteiger charge is -2.22. The highest BCUT2D eigenvalue weighted by molar-refractivity contribution is 7.89. The maximum absolute atomic E-state index is 13.1. The SMILES string of the molecule is CC(C)c1ccc(S(=O)(=O)NC(C)(C)C)cc1C(F)(F)F. The molecule has 3 nitrogen and oxygen atoms in total. The second-order valence-electron chi connectivity index (χ2n) is 6.26. The fourth-order valence-corrected chi connectivity index (χ4v) is 3.36. The summed E-state index contributed by atoms with van der Waals surface area (Å²) in [4.78, 5) is -0.380. The molecule has 1 aromatic rings. The van der Waals surface area contributed by atoms with Gasteiger partial charge in [-0.3, -0.25) is 0 Å². The molecule has 0 radical (unpaired) electrons. The van der Waals surface area contributed by atoms with Crippen LogP contribution in [0.15, 0.2) is 23.1 Å². The number of nitrogens with one attached hydrogen (secondary N) is 1. The number of rotatable bonds is 3. The zero-order valence-corrected chi connectivity index (χ0v) is 13.5. The van der Waals surface area contributed by atoms with E-state index in [9.17, 15) is 21.6 Å². The summed E-state index contributed by atoms with van der Waals surface area (Å²) in [6.45, 7) is 8.13. The summed E-state index contributed by atoms with van der Waals surface area (Å²) < 4.78 is 65.9. The number of hydrogen-bond donors (Lipinski definition) is 1. The molecule has 1 rings (SSSR count). The van der Waals surface area contributed by atoms with Crippen molar-refractivity contribution in [3.63, 3.8) is 0 Å². The van der Waals surface area contributed by atoms with Gasteiger partial charge in [0, 0.05) is 5.54 Å². The molecule has 7 heteroatoms. The molecule has 0 saturated carbocycles. The highest BCUT2D eigenvalue weighted by Gasteiger charge is 2.35. The Labute approximate surface area is 123 Å². The van der Waals surface area contributed by atoms with Gasteiger partial charge in [0.15, 0.2) is 0 Å². The standard InChI is InChI=1S/C14H20F3NO2S/c1-9(2)11-7-6-10(8-12(11)14(15,16)17)21(19,20)18-13(3,4)5/h6-9,18H,1-5H3. The molecule has 0 aliphatic heterocycles. The van der Waals surface area contributed by atoms with E-state index >= 15 is 0 Å². The maximum atomic E-state index is 13.1. The highest BCUT2D eigenvalue weighted by atomic mass is 32.2. The quantitative estimate of drug-likeness (QED) is 0.917. The Morgan fingerprint density at radius 2 is 1.62 bits per heavy atom. The van der Waals surface area contributed by atoms with Crippen molar-refractivity contribution < 1.29 is 21.6 Å². The van der Waals surface area contributed by atoms with Gasteiger partial charge in [-0.2, -0.15) is 13.2 Å². The van der Waals surface area contributed by atoms with Crippen LogP contribution in [0, 0.1) is 0 Å². The first-order valence-corrected chi connectivity index (χ1v) is 7.97. The molecule has 1 aromatic carbocycles. The molecule has 0 aromatic heterocycles. The molecular formula is C14H20F3NO2S. The number of alkyl halides is 3. The van der Waals surface area contributed by atoms with E-state index in [1.165, 1.54) is 12.1 Å². The summed E-state index contributed by atoms with van der Waals surface area (Å²) in [7, 11) is -3.99. The van der Waals surface area contributed by atoms with Crippen molar-refractivity contribution in [2.75, 3.05) is 0 Å². The molecule has 0 amide bonds. The molecule has 0 spiro atoms. The minimum Gasteiger partial charge on any atom is -0.207 e. The van der Waals surface area contributed by atoms with Crippen LogP contribution in [0.25, 0.3) is 0 Å². The molecule has 21 heavy (non-hydrogen) atoms. The predicted molar refractivity (Wildman–Crippen MR) is 75.6 cm³/mol. The molecule has 0 aliphatic rings. The van der Waals surface area contributed by atoms with E-state index in [0.717, 1.165) is 0 Å². The van der Waals surface area contributed by atoms with Gasteiger partial charge in [0.2, 0.25) is 10.0 Å². The normalized spacial score (nSPS) is 13.8. The van der Waals surface area contributed by atoms with Crippen LogP contribution in [0.5, 0.6) is 0 Å². The van der Waals surface area contributed by atoms with E-state index in [4.69, 9.17) is 0 Å². The third-order valence-electron chi connectivity index (χ3n) is 2.70. The first-order chi connectivity index (χ1) is 9.24. The average Bonchev–Trinajstić information content (AvgIpc) is 2.23. The van der Waals surface area contributed by atoms with E-state index in [2.05, 4.69) is 4.72 Å². The summed E-state index contributed by atoms with van der Waals surface area (Å²) in [5, 5.41) is 0. The first-order valence-electron chi connectivity index (χ1n) is 6.49. The Morgan fingerprint density at radius 3 is 2.00 bits per heavy atom. The highest BCUT2D eigenvalue weighted by Crippen LogP contribution is 2.36. The fraction of sp³-hybridized carbons (Fsp3) is 0.571. The lowest BCUT2D eigenvalue weighted by Crippen LogP contribution is -2.40. The van der Waals surface area contributed by atoms with Gasteiger partial charge < -0.3 is 0 Å². The maximum Gasteiger partial charge on any atom is 0.416 e. The molecule has 0 fully saturated rings. The van der Waals surface area contributed by atoms with Gasteiger partial charge in [-0.1, -0.05) is 19.9 Å². The Balaban J connectivity index is 3.42. The lowest BCUT2D eigenvalue weighted by atomic mass is 9.97. The summed E-state index contributed by atoms with van der Waals surface area (Å²) in [5.74, 6) is -0.353. The smallest absolute Gasteiger partial charge is 0.207 e. The number of sulfonamides is 1. The van der Waals surface area contributed by atoms with Crippen molar-refractivity contribution in [1.82, 2.24) is 4.72 Å². The van der Waals surface area contributed by atoms with Crippen molar-refractivity contribution >= 4 is 10.0 Å². The number of benzene rings is 1. The van der Waals surface area contributed by atoms with Gasteiger partial charge in [0.05, 0.1) is 10.5 Å². The van der Waals surface area contributed by atoms with Crippen LogP contribution in [0.4, 0.5) is 13.2 Å². The minimum absolute atomic E-state index is 0.0807. The van der Waals surface area contributed by atoms with E-state index in [-0.39, 0.29) is 16.4 Å². The van der Waals surface area contributed by atoms with Crippen LogP contribution in [0.2, 0.25) is 0 Å². The molecule has 0 saturated heterocycles. The summed E-state index contributed by atoms with van der Waals surface area (Å²) >= 11 is 0. The van der Waals surface area contributed by atoms with Crippen molar-refractivity contribution in [3.8, 4) is 0 Å². The van der Waals surface area contributed by atoms with Gasteiger partial charge in [-0.25, -0.2) is 13.1 Å². The Morgan fingerprint density at radius 1 is 1.10 bits per heavy atom. The Hall–Kier alpha value is -1.08. The topological polar surface area (TPSA) is 46.2 Å². The van der Waals surface area contributed by atoms with Crippen molar-refractivity contribution in [3.05, 3.63) is 29.3 Å². The Kier molecular flexibility index (Phi) is 4.80. The largest absolute Gasteiger partial charge is 0.416 e. The zero-order chi connectivity index (χ0) is 16.6. The summed E-state index contributed by atoms with van der Waals surface area (Å²) in [6.07, 6.45) is -4.59. The van der Waals surface area contributed by atoms with Crippen molar-refractivity contribution in [2.45, 2.75) is 57.1 Å². The van der Waals surface area contributed by atoms with Gasteiger partial charge in [-0.15, -0.1) is 0 Å². The molecule has 0 atom stereocenters. The second-order valence-corrected chi connectivity index (χ2v) is 7.94. The van der Waals surface area contributed by atoms with Crippen LogP contribution >= 0.6 is 0 Å². The minimum atomic E-state index is -4.59. The number of hydrogen-bond acceptors (Lipinski definition) is 2. The van der Waals surface area contributed by atoms with Crippen LogP contribution < -0.4 is 4.72 Å². The van der Waals surface area contributed by atoms with Crippen LogP contribution in [0.1, 0.15) is 51.7 Å². The number of halogens is 3. The molecule has 120 valence electrons. The summed E-state index contributed by atoms with van der Waals surface area (Å²) in [6, 6.07) is 3.13. The van der Waals surface area contributed by atoms with Crippen LogP contribution in [-0.4, -0.2) is 14.0 Å². The van der Waals surface area contributed by atoms with Crippen molar-refractivity contribution in [2.24, 2.45) is 0 Å². The third-order valence-corrected chi connectivity index (χ3v) is 4.46. The van der Waals surface area contributed by atoms with E-state index in [1.807, 2.05) is 0 Å². The van der Waals surface area contributed by atoms with E-state index in [1.54, 1.807) is 34.6 Å². The van der Waals surface area contributed by atoms with Crippen molar-refractivity contribution in [1.29, 1.82) is 0 Å².